The van der Waals surface area contributed by atoms with Crippen molar-refractivity contribution >= 4 is 12.1 Å². The number of aliphatic imine (C=N–C) groups is 1. The van der Waals surface area contributed by atoms with Crippen LogP contribution in [0.5, 0.6) is 0 Å². The monoisotopic (exact) mass is 139 g/mol. The molecule has 0 aliphatic carbocycles. The van der Waals surface area contributed by atoms with E-state index in [9.17, 15) is 0 Å². The van der Waals surface area contributed by atoms with E-state index in [4.69, 9.17) is 5.41 Å². The summed E-state index contributed by atoms with van der Waals surface area (Å²) < 4.78 is 0. The number of hydrogen-bond donors (Lipinski definition) is 1. The van der Waals surface area contributed by atoms with Crippen LogP contribution in [0.2, 0.25) is 0 Å². The van der Waals surface area contributed by atoms with Crippen LogP contribution in [0.3, 0.4) is 0 Å². The van der Waals surface area contributed by atoms with Crippen molar-refractivity contribution in [1.29, 1.82) is 5.41 Å². The lowest BCUT2D eigenvalue weighted by Crippen LogP contribution is -2.01. The van der Waals surface area contributed by atoms with Gasteiger partial charge in [0.05, 0.1) is 0 Å². The molecule has 0 spiro atoms. The zero-order chi connectivity index (χ0) is 7.98. The molecular weight excluding hydrogens is 126 g/mol. The molecule has 0 aliphatic rings. The Balaban J connectivity index is 3.88. The van der Waals surface area contributed by atoms with Crippen molar-refractivity contribution in [2.45, 2.75) is 6.92 Å². The van der Waals surface area contributed by atoms with Gasteiger partial charge in [0.1, 0.15) is 6.34 Å². The summed E-state index contributed by atoms with van der Waals surface area (Å²) in [6, 6.07) is 0. The number of nitrogens with one attached hydrogen (secondary N) is 1. The van der Waals surface area contributed by atoms with E-state index < -0.39 is 0 Å². The van der Waals surface area contributed by atoms with Gasteiger partial charge in [-0.1, -0.05) is 0 Å². The average molecular weight is 139 g/mol. The van der Waals surface area contributed by atoms with Crippen LogP contribution >= 0.6 is 0 Å². The minimum atomic E-state index is 0.837. The lowest BCUT2D eigenvalue weighted by Gasteiger charge is -2.01. The fraction of sp³-hybridized carbons (Fsp3) is 0.429. The number of rotatable bonds is 3. The fourth-order valence-electron chi connectivity index (χ4n) is 0.402. The van der Waals surface area contributed by atoms with Crippen LogP contribution < -0.4 is 0 Å². The molecule has 0 aromatic carbocycles. The highest BCUT2D eigenvalue weighted by atomic mass is 15.0. The third kappa shape index (κ3) is 5.03. The molecule has 0 fully saturated rings. The van der Waals surface area contributed by atoms with E-state index in [1.165, 1.54) is 0 Å². The first-order valence-electron chi connectivity index (χ1n) is 3.05. The molecule has 0 heterocycles. The van der Waals surface area contributed by atoms with Crippen LogP contribution in [0.15, 0.2) is 17.3 Å². The molecule has 0 saturated carbocycles. The molecule has 0 radical (unpaired) electrons. The topological polar surface area (TPSA) is 39.5 Å². The maximum atomic E-state index is 6.66. The van der Waals surface area contributed by atoms with Crippen molar-refractivity contribution in [2.24, 2.45) is 4.99 Å². The third-order valence-corrected chi connectivity index (χ3v) is 0.882. The van der Waals surface area contributed by atoms with Crippen LogP contribution in [0.1, 0.15) is 6.92 Å². The minimum Gasteiger partial charge on any atom is -0.383 e. The van der Waals surface area contributed by atoms with Crippen molar-refractivity contribution < 1.29 is 0 Å². The van der Waals surface area contributed by atoms with Crippen LogP contribution in [-0.2, 0) is 0 Å². The van der Waals surface area contributed by atoms with Crippen LogP contribution in [-0.4, -0.2) is 31.0 Å². The Hall–Kier alpha value is -1.12. The maximum absolute atomic E-state index is 6.66. The Morgan fingerprint density at radius 1 is 1.50 bits per heavy atom. The molecule has 56 valence electrons. The SMILES string of the molecule is CC(/C=C/N(C)C)=NC=N. The van der Waals surface area contributed by atoms with Crippen LogP contribution in [0.4, 0.5) is 0 Å². The molecule has 0 bridgehead atoms. The van der Waals surface area contributed by atoms with Gasteiger partial charge in [0.15, 0.2) is 0 Å². The van der Waals surface area contributed by atoms with Gasteiger partial charge in [-0.2, -0.15) is 0 Å². The first-order chi connectivity index (χ1) is 4.66. The van der Waals surface area contributed by atoms with E-state index in [0.29, 0.717) is 0 Å². The van der Waals surface area contributed by atoms with Crippen molar-refractivity contribution in [2.75, 3.05) is 14.1 Å². The summed E-state index contributed by atoms with van der Waals surface area (Å²) in [6.07, 6.45) is 4.78. The smallest absolute Gasteiger partial charge is 0.107 e. The highest BCUT2D eigenvalue weighted by Crippen LogP contribution is 1.81. The van der Waals surface area contributed by atoms with Gasteiger partial charge in [0.25, 0.3) is 0 Å². The first-order valence-corrected chi connectivity index (χ1v) is 3.05. The second kappa shape index (κ2) is 4.73. The summed E-state index contributed by atoms with van der Waals surface area (Å²) in [6.45, 7) is 1.85. The molecule has 0 saturated heterocycles. The van der Waals surface area contributed by atoms with Crippen molar-refractivity contribution in [3.63, 3.8) is 0 Å². The largest absolute Gasteiger partial charge is 0.383 e. The molecule has 3 heteroatoms. The Morgan fingerprint density at radius 2 is 2.10 bits per heavy atom. The second-order valence-corrected chi connectivity index (χ2v) is 2.18. The molecule has 0 aromatic rings. The lowest BCUT2D eigenvalue weighted by atomic mass is 10.4. The van der Waals surface area contributed by atoms with Crippen molar-refractivity contribution in [3.05, 3.63) is 12.3 Å². The molecule has 3 nitrogen and oxygen atoms in total. The highest BCUT2D eigenvalue weighted by Gasteiger charge is 1.79. The van der Waals surface area contributed by atoms with E-state index in [-0.39, 0.29) is 0 Å². The highest BCUT2D eigenvalue weighted by molar-refractivity contribution is 5.96. The zero-order valence-electron chi connectivity index (χ0n) is 6.63. The Morgan fingerprint density at radius 3 is 2.50 bits per heavy atom. The summed E-state index contributed by atoms with van der Waals surface area (Å²) in [5.41, 5.74) is 0.837. The van der Waals surface area contributed by atoms with E-state index in [1.54, 1.807) is 0 Å². The van der Waals surface area contributed by atoms with Crippen molar-refractivity contribution in [1.82, 2.24) is 4.90 Å². The zero-order valence-corrected chi connectivity index (χ0v) is 6.63. The molecule has 0 amide bonds. The molecular formula is C7H13N3. The van der Waals surface area contributed by atoms with Crippen LogP contribution in [0.25, 0.3) is 0 Å². The molecule has 1 N–H and O–H groups in total. The van der Waals surface area contributed by atoms with Crippen molar-refractivity contribution in [3.8, 4) is 0 Å². The number of allylic oxidation sites excluding steroid dienone is 1. The predicted molar refractivity (Wildman–Crippen MR) is 44.7 cm³/mol. The van der Waals surface area contributed by atoms with E-state index in [2.05, 4.69) is 4.99 Å². The minimum absolute atomic E-state index is 0.837. The average Bonchev–Trinajstić information content (AvgIpc) is 1.85. The standard InChI is InChI=1S/C7H13N3/c1-7(9-6-8)4-5-10(2)3/h4-6,8H,1-3H3/b5-4+,8-6?,9-7?. The molecule has 0 aliphatic heterocycles. The predicted octanol–water partition coefficient (Wildman–Crippen LogP) is 1.13. The normalized spacial score (nSPS) is 12.1. The first kappa shape index (κ1) is 8.88. The number of nitrogens with zero attached hydrogens (tertiary/aromatic N) is 2. The summed E-state index contributed by atoms with van der Waals surface area (Å²) in [5.74, 6) is 0. The molecule has 0 atom stereocenters. The van der Waals surface area contributed by atoms with Gasteiger partial charge in [0, 0.05) is 26.0 Å². The fourth-order valence-corrected chi connectivity index (χ4v) is 0.402. The molecule has 0 unspecified atom stereocenters. The summed E-state index contributed by atoms with van der Waals surface area (Å²) in [7, 11) is 3.88. The molecule has 0 aromatic heterocycles. The van der Waals surface area contributed by atoms with Gasteiger partial charge in [-0.25, -0.2) is 4.99 Å². The van der Waals surface area contributed by atoms with Gasteiger partial charge >= 0.3 is 0 Å². The van der Waals surface area contributed by atoms with Crippen LogP contribution in [0, 0.1) is 5.41 Å². The van der Waals surface area contributed by atoms with Gasteiger partial charge in [-0.05, 0) is 13.0 Å². The van der Waals surface area contributed by atoms with Gasteiger partial charge in [0.2, 0.25) is 0 Å². The molecule has 10 heavy (non-hydrogen) atoms. The van der Waals surface area contributed by atoms with E-state index >= 15 is 0 Å². The Bertz CT molecular complexity index is 156. The van der Waals surface area contributed by atoms with Gasteiger partial charge in [-0.3, -0.25) is 5.41 Å². The van der Waals surface area contributed by atoms with Gasteiger partial charge < -0.3 is 4.90 Å². The summed E-state index contributed by atoms with van der Waals surface area (Å²) >= 11 is 0. The third-order valence-electron chi connectivity index (χ3n) is 0.882. The maximum Gasteiger partial charge on any atom is 0.107 e. The van der Waals surface area contributed by atoms with E-state index in [0.717, 1.165) is 12.1 Å². The summed E-state index contributed by atoms with van der Waals surface area (Å²) in [5, 5.41) is 6.66. The quantitative estimate of drug-likeness (QED) is 0.462. The Labute approximate surface area is 61.6 Å². The Kier molecular flexibility index (Phi) is 4.20. The molecule has 0 rings (SSSR count). The van der Waals surface area contributed by atoms with E-state index in [1.807, 2.05) is 38.2 Å². The van der Waals surface area contributed by atoms with Gasteiger partial charge in [-0.15, -0.1) is 0 Å². The number of hydrogen-bond acceptors (Lipinski definition) is 2. The summed E-state index contributed by atoms with van der Waals surface area (Å²) in [4.78, 5) is 5.66. The lowest BCUT2D eigenvalue weighted by molar-refractivity contribution is 0.564. The second-order valence-electron chi connectivity index (χ2n) is 2.18.